The standard InChI is InChI=1S/C21H18ClN5O3/c22-16-6-7-19(27(29)30)17(12-16)21(28)26-10-8-25(9-11-26)20-13-18(23-14-24-20)15-4-2-1-3-5-15/h1-7,12-14H,8-11H2. The normalized spacial score (nSPS) is 13.9. The van der Waals surface area contributed by atoms with Gasteiger partial charge in [-0.15, -0.1) is 0 Å². The molecule has 9 heteroatoms. The van der Waals surface area contributed by atoms with Crippen LogP contribution in [0.25, 0.3) is 11.3 Å². The number of anilines is 1. The van der Waals surface area contributed by atoms with E-state index in [1.165, 1.54) is 24.5 Å². The Morgan fingerprint density at radius 1 is 1.00 bits per heavy atom. The van der Waals surface area contributed by atoms with Crippen LogP contribution in [0.2, 0.25) is 5.02 Å². The summed E-state index contributed by atoms with van der Waals surface area (Å²) >= 11 is 5.96. The van der Waals surface area contributed by atoms with Crippen LogP contribution in [-0.2, 0) is 0 Å². The lowest BCUT2D eigenvalue weighted by atomic mass is 10.1. The van der Waals surface area contributed by atoms with Crippen molar-refractivity contribution in [2.45, 2.75) is 0 Å². The van der Waals surface area contributed by atoms with Gasteiger partial charge in [0.2, 0.25) is 0 Å². The van der Waals surface area contributed by atoms with Crippen molar-refractivity contribution in [3.05, 3.63) is 81.6 Å². The molecule has 4 rings (SSSR count). The number of piperazine rings is 1. The molecule has 0 bridgehead atoms. The first-order valence-corrected chi connectivity index (χ1v) is 9.76. The molecule has 8 nitrogen and oxygen atoms in total. The first-order chi connectivity index (χ1) is 14.5. The summed E-state index contributed by atoms with van der Waals surface area (Å²) in [5, 5.41) is 11.6. The molecule has 0 saturated carbocycles. The van der Waals surface area contributed by atoms with Crippen LogP contribution in [-0.4, -0.2) is 51.9 Å². The van der Waals surface area contributed by atoms with Crippen molar-refractivity contribution < 1.29 is 9.72 Å². The van der Waals surface area contributed by atoms with Gasteiger partial charge in [-0.2, -0.15) is 0 Å². The minimum Gasteiger partial charge on any atom is -0.353 e. The third-order valence-electron chi connectivity index (χ3n) is 5.00. The van der Waals surface area contributed by atoms with Gasteiger partial charge in [-0.25, -0.2) is 9.97 Å². The Labute approximate surface area is 177 Å². The minimum absolute atomic E-state index is 0.00866. The van der Waals surface area contributed by atoms with Crippen LogP contribution >= 0.6 is 11.6 Å². The second kappa shape index (κ2) is 8.46. The molecule has 30 heavy (non-hydrogen) atoms. The van der Waals surface area contributed by atoms with Crippen molar-refractivity contribution in [2.75, 3.05) is 31.1 Å². The Morgan fingerprint density at radius 2 is 1.73 bits per heavy atom. The highest BCUT2D eigenvalue weighted by molar-refractivity contribution is 6.31. The molecule has 0 spiro atoms. The van der Waals surface area contributed by atoms with E-state index in [0.717, 1.165) is 17.1 Å². The molecule has 3 aromatic rings. The molecule has 1 aromatic heterocycles. The van der Waals surface area contributed by atoms with Crippen LogP contribution in [0.15, 0.2) is 60.9 Å². The molecule has 1 saturated heterocycles. The van der Waals surface area contributed by atoms with Gasteiger partial charge in [-0.3, -0.25) is 14.9 Å². The number of hydrogen-bond acceptors (Lipinski definition) is 6. The average molecular weight is 424 g/mol. The van der Waals surface area contributed by atoms with E-state index in [1.807, 2.05) is 36.4 Å². The smallest absolute Gasteiger partial charge is 0.282 e. The maximum atomic E-state index is 12.9. The van der Waals surface area contributed by atoms with E-state index in [1.54, 1.807) is 4.90 Å². The third-order valence-corrected chi connectivity index (χ3v) is 5.23. The van der Waals surface area contributed by atoms with Crippen molar-refractivity contribution in [3.63, 3.8) is 0 Å². The number of amides is 1. The van der Waals surface area contributed by atoms with Gasteiger partial charge in [0.15, 0.2) is 0 Å². The zero-order chi connectivity index (χ0) is 21.1. The van der Waals surface area contributed by atoms with Crippen LogP contribution in [0.4, 0.5) is 11.5 Å². The Hall–Kier alpha value is -3.52. The molecule has 0 aliphatic carbocycles. The molecular weight excluding hydrogens is 406 g/mol. The predicted molar refractivity (Wildman–Crippen MR) is 114 cm³/mol. The maximum Gasteiger partial charge on any atom is 0.282 e. The van der Waals surface area contributed by atoms with Crippen LogP contribution < -0.4 is 4.90 Å². The highest BCUT2D eigenvalue weighted by atomic mass is 35.5. The lowest BCUT2D eigenvalue weighted by Gasteiger charge is -2.35. The molecule has 0 atom stereocenters. The van der Waals surface area contributed by atoms with E-state index in [2.05, 4.69) is 14.9 Å². The number of nitrogens with zero attached hydrogens (tertiary/aromatic N) is 5. The number of carbonyl (C=O) groups is 1. The number of nitro groups is 1. The summed E-state index contributed by atoms with van der Waals surface area (Å²) in [5.74, 6) is 0.390. The topological polar surface area (TPSA) is 92.5 Å². The van der Waals surface area contributed by atoms with E-state index in [0.29, 0.717) is 26.2 Å². The Kier molecular flexibility index (Phi) is 5.58. The first kappa shape index (κ1) is 19.8. The lowest BCUT2D eigenvalue weighted by Crippen LogP contribution is -2.49. The quantitative estimate of drug-likeness (QED) is 0.469. The van der Waals surface area contributed by atoms with E-state index in [-0.39, 0.29) is 16.3 Å². The molecule has 2 aromatic carbocycles. The van der Waals surface area contributed by atoms with Gasteiger partial charge in [0.05, 0.1) is 10.6 Å². The molecule has 152 valence electrons. The number of halogens is 1. The van der Waals surface area contributed by atoms with E-state index in [4.69, 9.17) is 11.6 Å². The highest BCUT2D eigenvalue weighted by Crippen LogP contribution is 2.26. The van der Waals surface area contributed by atoms with Gasteiger partial charge in [0, 0.05) is 48.9 Å². The molecule has 1 amide bonds. The average Bonchev–Trinajstić information content (AvgIpc) is 2.79. The van der Waals surface area contributed by atoms with Crippen molar-refractivity contribution >= 4 is 29.0 Å². The summed E-state index contributed by atoms with van der Waals surface area (Å²) in [6.07, 6.45) is 1.53. The van der Waals surface area contributed by atoms with E-state index in [9.17, 15) is 14.9 Å². The summed E-state index contributed by atoms with van der Waals surface area (Å²) in [4.78, 5) is 36.0. The second-order valence-electron chi connectivity index (χ2n) is 6.83. The maximum absolute atomic E-state index is 12.9. The Bertz CT molecular complexity index is 1090. The van der Waals surface area contributed by atoms with E-state index >= 15 is 0 Å². The summed E-state index contributed by atoms with van der Waals surface area (Å²) in [6.45, 7) is 1.97. The predicted octanol–water partition coefficient (Wildman–Crippen LogP) is 3.67. The zero-order valence-corrected chi connectivity index (χ0v) is 16.7. The minimum atomic E-state index is -0.564. The highest BCUT2D eigenvalue weighted by Gasteiger charge is 2.28. The number of aromatic nitrogens is 2. The molecule has 0 N–H and O–H groups in total. The number of rotatable bonds is 4. The zero-order valence-electron chi connectivity index (χ0n) is 15.9. The first-order valence-electron chi connectivity index (χ1n) is 9.38. The number of benzene rings is 2. The van der Waals surface area contributed by atoms with Gasteiger partial charge in [0.25, 0.3) is 11.6 Å². The van der Waals surface area contributed by atoms with Gasteiger partial charge in [0.1, 0.15) is 17.7 Å². The molecule has 1 aliphatic rings. The largest absolute Gasteiger partial charge is 0.353 e. The summed E-state index contributed by atoms with van der Waals surface area (Å²) in [7, 11) is 0. The Morgan fingerprint density at radius 3 is 2.43 bits per heavy atom. The lowest BCUT2D eigenvalue weighted by molar-refractivity contribution is -0.385. The van der Waals surface area contributed by atoms with Crippen LogP contribution in [0.1, 0.15) is 10.4 Å². The van der Waals surface area contributed by atoms with Gasteiger partial charge in [-0.05, 0) is 12.1 Å². The summed E-state index contributed by atoms with van der Waals surface area (Å²) < 4.78 is 0. The Balaban J connectivity index is 1.48. The number of carbonyl (C=O) groups excluding carboxylic acids is 1. The SMILES string of the molecule is O=C(c1cc(Cl)ccc1[N+](=O)[O-])N1CCN(c2cc(-c3ccccc3)ncn2)CC1. The van der Waals surface area contributed by atoms with Crippen molar-refractivity contribution in [3.8, 4) is 11.3 Å². The summed E-state index contributed by atoms with van der Waals surface area (Å²) in [6, 6.07) is 15.8. The third kappa shape index (κ3) is 4.08. The van der Waals surface area contributed by atoms with Crippen molar-refractivity contribution in [2.24, 2.45) is 0 Å². The molecular formula is C21H18ClN5O3. The van der Waals surface area contributed by atoms with E-state index < -0.39 is 10.8 Å². The second-order valence-corrected chi connectivity index (χ2v) is 7.26. The van der Waals surface area contributed by atoms with Crippen molar-refractivity contribution in [1.82, 2.24) is 14.9 Å². The summed E-state index contributed by atoms with van der Waals surface area (Å²) in [5.41, 5.74) is 1.60. The van der Waals surface area contributed by atoms with Crippen LogP contribution in [0.5, 0.6) is 0 Å². The molecule has 1 aliphatic heterocycles. The fourth-order valence-electron chi connectivity index (χ4n) is 3.43. The monoisotopic (exact) mass is 423 g/mol. The van der Waals surface area contributed by atoms with Gasteiger partial charge in [-0.1, -0.05) is 41.9 Å². The fourth-order valence-corrected chi connectivity index (χ4v) is 3.61. The van der Waals surface area contributed by atoms with Crippen molar-refractivity contribution in [1.29, 1.82) is 0 Å². The fraction of sp³-hybridized carbons (Fsp3) is 0.190. The van der Waals surface area contributed by atoms with Crippen LogP contribution in [0, 0.1) is 10.1 Å². The van der Waals surface area contributed by atoms with Crippen LogP contribution in [0.3, 0.4) is 0 Å². The molecule has 1 fully saturated rings. The van der Waals surface area contributed by atoms with Gasteiger partial charge < -0.3 is 9.80 Å². The molecule has 0 unspecified atom stereocenters. The number of nitro benzene ring substituents is 1. The molecule has 2 heterocycles. The molecule has 0 radical (unpaired) electrons. The number of hydrogen-bond donors (Lipinski definition) is 0. The van der Waals surface area contributed by atoms with Gasteiger partial charge >= 0.3 is 0 Å².